The number of carbonyl (C=O) groups is 1. The Labute approximate surface area is 129 Å². The molecule has 2 amide bonds. The molecule has 122 valence electrons. The fraction of sp³-hybridized carbons (Fsp3) is 0.938. The molecular formula is C16H31N3O2. The van der Waals surface area contributed by atoms with Gasteiger partial charge in [-0.15, -0.1) is 0 Å². The summed E-state index contributed by atoms with van der Waals surface area (Å²) in [5.74, 6) is 0. The molecule has 2 heterocycles. The van der Waals surface area contributed by atoms with E-state index in [1.807, 2.05) is 11.8 Å². The summed E-state index contributed by atoms with van der Waals surface area (Å²) in [6, 6.07) is 0.776. The summed E-state index contributed by atoms with van der Waals surface area (Å²) in [5, 5.41) is 3.11. The number of hydrogen-bond donors (Lipinski definition) is 1. The van der Waals surface area contributed by atoms with E-state index in [0.29, 0.717) is 6.04 Å². The molecule has 0 bridgehead atoms. The van der Waals surface area contributed by atoms with Crippen molar-refractivity contribution in [3.05, 3.63) is 0 Å². The van der Waals surface area contributed by atoms with Gasteiger partial charge in [-0.05, 0) is 59.5 Å². The highest BCUT2D eigenvalue weighted by Gasteiger charge is 2.32. The zero-order valence-corrected chi connectivity index (χ0v) is 14.0. The van der Waals surface area contributed by atoms with Crippen LogP contribution in [0.25, 0.3) is 0 Å². The van der Waals surface area contributed by atoms with Gasteiger partial charge < -0.3 is 15.0 Å². The fourth-order valence-electron chi connectivity index (χ4n) is 3.50. The Hall–Kier alpha value is -0.810. The van der Waals surface area contributed by atoms with Gasteiger partial charge in [0.25, 0.3) is 0 Å². The highest BCUT2D eigenvalue weighted by molar-refractivity contribution is 5.74. The molecule has 2 atom stereocenters. The molecule has 5 nitrogen and oxygen atoms in total. The normalized spacial score (nSPS) is 25.3. The van der Waals surface area contributed by atoms with Crippen molar-refractivity contribution in [1.29, 1.82) is 0 Å². The topological polar surface area (TPSA) is 44.8 Å². The predicted octanol–water partition coefficient (Wildman–Crippen LogP) is 2.07. The quantitative estimate of drug-likeness (QED) is 0.845. The minimum atomic E-state index is -0.199. The molecule has 2 fully saturated rings. The number of nitrogens with zero attached hydrogens (tertiary/aromatic N) is 2. The fourth-order valence-corrected chi connectivity index (χ4v) is 3.50. The number of rotatable bonds is 5. The highest BCUT2D eigenvalue weighted by atomic mass is 16.5. The lowest BCUT2D eigenvalue weighted by Gasteiger charge is -2.29. The molecule has 1 N–H and O–H groups in total. The minimum Gasteiger partial charge on any atom is -0.379 e. The molecule has 0 saturated carbocycles. The molecule has 2 aliphatic heterocycles. The lowest BCUT2D eigenvalue weighted by molar-refractivity contribution is 0.00919. The van der Waals surface area contributed by atoms with Crippen molar-refractivity contribution in [3.63, 3.8) is 0 Å². The van der Waals surface area contributed by atoms with Crippen LogP contribution in [0.1, 0.15) is 46.5 Å². The molecule has 0 aromatic rings. The lowest BCUT2D eigenvalue weighted by atomic mass is 10.00. The summed E-state index contributed by atoms with van der Waals surface area (Å²) in [6.45, 7) is 10.3. The molecular weight excluding hydrogens is 266 g/mol. The molecule has 0 aromatic heterocycles. The largest absolute Gasteiger partial charge is 0.379 e. The van der Waals surface area contributed by atoms with Crippen LogP contribution < -0.4 is 5.32 Å². The third kappa shape index (κ3) is 4.58. The zero-order valence-electron chi connectivity index (χ0n) is 14.0. The Balaban J connectivity index is 1.76. The minimum absolute atomic E-state index is 0.0797. The van der Waals surface area contributed by atoms with Crippen LogP contribution in [0.2, 0.25) is 0 Å². The maximum Gasteiger partial charge on any atom is 0.317 e. The number of urea groups is 1. The predicted molar refractivity (Wildman–Crippen MR) is 84.5 cm³/mol. The first-order valence-corrected chi connectivity index (χ1v) is 8.26. The molecule has 0 unspecified atom stereocenters. The third-order valence-electron chi connectivity index (χ3n) is 4.83. The summed E-state index contributed by atoms with van der Waals surface area (Å²) in [7, 11) is 1.72. The van der Waals surface area contributed by atoms with Crippen LogP contribution in [-0.4, -0.2) is 66.8 Å². The van der Waals surface area contributed by atoms with Gasteiger partial charge in [0, 0.05) is 32.3 Å². The molecule has 0 aliphatic carbocycles. The molecule has 21 heavy (non-hydrogen) atoms. The highest BCUT2D eigenvalue weighted by Crippen LogP contribution is 2.21. The van der Waals surface area contributed by atoms with E-state index >= 15 is 0 Å². The standard InChI is InChI=1S/C16H31N3O2/c1-13(11-16(2,3)21-4)17-15(20)19-10-7-14(12-19)18-8-5-6-9-18/h13-14H,5-12H2,1-4H3,(H,17,20)/t13-,14-/m0/s1. The van der Waals surface area contributed by atoms with Crippen LogP contribution in [0.5, 0.6) is 0 Å². The van der Waals surface area contributed by atoms with Crippen molar-refractivity contribution in [2.24, 2.45) is 0 Å². The SMILES string of the molecule is COC(C)(C)C[C@H](C)NC(=O)N1CC[C@H](N2CCCC2)C1. The number of ether oxygens (including phenoxy) is 1. The van der Waals surface area contributed by atoms with Gasteiger partial charge in [-0.1, -0.05) is 0 Å². The monoisotopic (exact) mass is 297 g/mol. The van der Waals surface area contributed by atoms with E-state index in [-0.39, 0.29) is 17.7 Å². The van der Waals surface area contributed by atoms with Crippen molar-refractivity contribution in [1.82, 2.24) is 15.1 Å². The van der Waals surface area contributed by atoms with Crippen LogP contribution >= 0.6 is 0 Å². The van der Waals surface area contributed by atoms with E-state index in [4.69, 9.17) is 4.74 Å². The van der Waals surface area contributed by atoms with Gasteiger partial charge in [-0.25, -0.2) is 4.79 Å². The van der Waals surface area contributed by atoms with E-state index in [9.17, 15) is 4.79 Å². The Morgan fingerprint density at radius 1 is 1.33 bits per heavy atom. The van der Waals surface area contributed by atoms with Gasteiger partial charge in [-0.3, -0.25) is 4.90 Å². The van der Waals surface area contributed by atoms with Crippen molar-refractivity contribution >= 4 is 6.03 Å². The van der Waals surface area contributed by atoms with Crippen LogP contribution in [-0.2, 0) is 4.74 Å². The average molecular weight is 297 g/mol. The number of hydrogen-bond acceptors (Lipinski definition) is 3. The second-order valence-electron chi connectivity index (χ2n) is 7.15. The summed E-state index contributed by atoms with van der Waals surface area (Å²) in [5.41, 5.74) is -0.199. The van der Waals surface area contributed by atoms with Gasteiger partial charge in [0.1, 0.15) is 0 Å². The third-order valence-corrected chi connectivity index (χ3v) is 4.83. The first-order valence-electron chi connectivity index (χ1n) is 8.26. The van der Waals surface area contributed by atoms with Gasteiger partial charge >= 0.3 is 6.03 Å². The van der Waals surface area contributed by atoms with E-state index in [0.717, 1.165) is 25.9 Å². The second-order valence-corrected chi connectivity index (χ2v) is 7.15. The second kappa shape index (κ2) is 6.97. The van der Waals surface area contributed by atoms with Gasteiger partial charge in [0.05, 0.1) is 5.60 Å². The number of likely N-dealkylation sites (tertiary alicyclic amines) is 2. The smallest absolute Gasteiger partial charge is 0.317 e. The van der Waals surface area contributed by atoms with E-state index in [1.54, 1.807) is 7.11 Å². The molecule has 2 aliphatic rings. The van der Waals surface area contributed by atoms with Crippen LogP contribution in [0.3, 0.4) is 0 Å². The average Bonchev–Trinajstić information content (AvgIpc) is 3.08. The number of carbonyl (C=O) groups excluding carboxylic acids is 1. The van der Waals surface area contributed by atoms with Crippen molar-refractivity contribution in [2.75, 3.05) is 33.3 Å². The number of methoxy groups -OCH3 is 1. The lowest BCUT2D eigenvalue weighted by Crippen LogP contribution is -2.46. The first-order chi connectivity index (χ1) is 9.91. The van der Waals surface area contributed by atoms with E-state index in [2.05, 4.69) is 24.1 Å². The van der Waals surface area contributed by atoms with Gasteiger partial charge in [-0.2, -0.15) is 0 Å². The maximum absolute atomic E-state index is 12.3. The molecule has 0 spiro atoms. The van der Waals surface area contributed by atoms with Crippen molar-refractivity contribution in [2.45, 2.75) is 64.1 Å². The summed E-state index contributed by atoms with van der Waals surface area (Å²) >= 11 is 0. The zero-order chi connectivity index (χ0) is 15.5. The molecule has 5 heteroatoms. The van der Waals surface area contributed by atoms with Crippen LogP contribution in [0.4, 0.5) is 4.79 Å². The summed E-state index contributed by atoms with van der Waals surface area (Å²) < 4.78 is 5.43. The van der Waals surface area contributed by atoms with Gasteiger partial charge in [0.15, 0.2) is 0 Å². The van der Waals surface area contributed by atoms with Gasteiger partial charge in [0.2, 0.25) is 0 Å². The Morgan fingerprint density at radius 2 is 2.00 bits per heavy atom. The number of amides is 2. The molecule has 0 aromatic carbocycles. The van der Waals surface area contributed by atoms with E-state index in [1.165, 1.54) is 25.9 Å². The van der Waals surface area contributed by atoms with E-state index < -0.39 is 0 Å². The first kappa shape index (κ1) is 16.6. The number of nitrogens with one attached hydrogen (secondary N) is 1. The van der Waals surface area contributed by atoms with Crippen molar-refractivity contribution in [3.8, 4) is 0 Å². The van der Waals surface area contributed by atoms with Crippen LogP contribution in [0.15, 0.2) is 0 Å². The molecule has 2 rings (SSSR count). The van der Waals surface area contributed by atoms with Crippen LogP contribution in [0, 0.1) is 0 Å². The Kier molecular flexibility index (Phi) is 5.49. The summed E-state index contributed by atoms with van der Waals surface area (Å²) in [6.07, 6.45) is 4.56. The Bertz CT molecular complexity index is 353. The maximum atomic E-state index is 12.3. The summed E-state index contributed by atoms with van der Waals surface area (Å²) in [4.78, 5) is 16.9. The molecule has 0 radical (unpaired) electrons. The van der Waals surface area contributed by atoms with Crippen molar-refractivity contribution < 1.29 is 9.53 Å². The molecule has 2 saturated heterocycles. The Morgan fingerprint density at radius 3 is 2.62 bits per heavy atom.